The molecule has 0 aliphatic carbocycles. The number of nitro benzene ring substituents is 1. The Bertz CT molecular complexity index is 1550. The van der Waals surface area contributed by atoms with Crippen LogP contribution in [0, 0.1) is 10.1 Å². The van der Waals surface area contributed by atoms with Gasteiger partial charge in [-0.1, -0.05) is 42.5 Å². The molecule has 4 rings (SSSR count). The van der Waals surface area contributed by atoms with Crippen molar-refractivity contribution >= 4 is 44.7 Å². The maximum atomic E-state index is 13.3. The molecule has 0 aliphatic rings. The minimum absolute atomic E-state index is 0.135. The van der Waals surface area contributed by atoms with E-state index < -0.39 is 28.2 Å². The van der Waals surface area contributed by atoms with E-state index in [0.29, 0.717) is 27.9 Å². The number of halogens is 1. The number of nitro groups is 1. The quantitative estimate of drug-likeness (QED) is 0.143. The molecule has 182 valence electrons. The van der Waals surface area contributed by atoms with E-state index in [0.717, 1.165) is 4.68 Å². The first-order chi connectivity index (χ1) is 17.3. The topological polar surface area (TPSA) is 126 Å². The van der Waals surface area contributed by atoms with Gasteiger partial charge in [-0.05, 0) is 41.1 Å². The number of carbonyl (C=O) groups is 1. The molecule has 0 unspecified atom stereocenters. The number of ether oxygens (including phenoxy) is 2. The number of fused-ring (bicyclic) bond motifs is 1. The van der Waals surface area contributed by atoms with Gasteiger partial charge in [0.05, 0.1) is 33.6 Å². The van der Waals surface area contributed by atoms with E-state index in [-0.39, 0.29) is 10.2 Å². The first kappa shape index (κ1) is 24.7. The molecule has 11 heteroatoms. The molecule has 0 spiro atoms. The lowest BCUT2D eigenvalue weighted by Crippen LogP contribution is -2.25. The summed E-state index contributed by atoms with van der Waals surface area (Å²) >= 11 is 3.27. The Morgan fingerprint density at radius 1 is 1.17 bits per heavy atom. The molecule has 0 amide bonds. The predicted octanol–water partition coefficient (Wildman–Crippen LogP) is 4.56. The first-order valence-corrected chi connectivity index (χ1v) is 11.4. The van der Waals surface area contributed by atoms with Gasteiger partial charge in [-0.15, -0.1) is 0 Å². The van der Waals surface area contributed by atoms with Crippen LogP contribution in [-0.2, 0) is 9.53 Å². The number of hydrogen-bond acceptors (Lipinski definition) is 8. The van der Waals surface area contributed by atoms with Crippen LogP contribution in [0.1, 0.15) is 12.5 Å². The van der Waals surface area contributed by atoms with E-state index >= 15 is 0 Å². The largest absolute Gasteiger partial charge is 0.471 e. The lowest BCUT2D eigenvalue weighted by atomic mass is 10.2. The first-order valence-electron chi connectivity index (χ1n) is 10.6. The number of para-hydroxylation sites is 1. The smallest absolute Gasteiger partial charge is 0.346 e. The van der Waals surface area contributed by atoms with Crippen LogP contribution in [-0.4, -0.2) is 40.0 Å². The van der Waals surface area contributed by atoms with Crippen molar-refractivity contribution in [3.8, 4) is 17.1 Å². The summed E-state index contributed by atoms with van der Waals surface area (Å²) in [6.07, 6.45) is 0.246. The number of methoxy groups -OCH3 is 1. The molecule has 0 radical (unpaired) electrons. The molecule has 36 heavy (non-hydrogen) atoms. The Balaban J connectivity index is 1.82. The lowest BCUT2D eigenvalue weighted by Gasteiger charge is -2.14. The zero-order valence-corrected chi connectivity index (χ0v) is 20.7. The van der Waals surface area contributed by atoms with Crippen molar-refractivity contribution in [1.82, 2.24) is 9.66 Å². The maximum absolute atomic E-state index is 13.3. The molecule has 0 aliphatic heterocycles. The molecule has 3 aromatic carbocycles. The molecular weight excluding hydrogens is 532 g/mol. The summed E-state index contributed by atoms with van der Waals surface area (Å²) in [5.41, 5.74) is 0.716. The summed E-state index contributed by atoms with van der Waals surface area (Å²) < 4.78 is 11.5. The normalized spacial score (nSPS) is 12.0. The van der Waals surface area contributed by atoms with Crippen molar-refractivity contribution in [3.05, 3.63) is 97.2 Å². The van der Waals surface area contributed by atoms with Crippen LogP contribution in [0.4, 0.5) is 5.69 Å². The Morgan fingerprint density at radius 2 is 1.86 bits per heavy atom. The predicted molar refractivity (Wildman–Crippen MR) is 137 cm³/mol. The Labute approximate surface area is 213 Å². The lowest BCUT2D eigenvalue weighted by molar-refractivity contribution is -0.386. The van der Waals surface area contributed by atoms with E-state index in [9.17, 15) is 19.7 Å². The van der Waals surface area contributed by atoms with Gasteiger partial charge in [-0.3, -0.25) is 14.9 Å². The highest BCUT2D eigenvalue weighted by molar-refractivity contribution is 9.10. The van der Waals surface area contributed by atoms with Crippen molar-refractivity contribution in [2.45, 2.75) is 13.0 Å². The molecule has 1 heterocycles. The van der Waals surface area contributed by atoms with Gasteiger partial charge >= 0.3 is 11.7 Å². The highest BCUT2D eigenvalue weighted by Gasteiger charge is 2.25. The number of hydrogen-bond donors (Lipinski definition) is 0. The van der Waals surface area contributed by atoms with Gasteiger partial charge in [0, 0.05) is 17.2 Å². The van der Waals surface area contributed by atoms with Gasteiger partial charge in [0.1, 0.15) is 0 Å². The van der Waals surface area contributed by atoms with E-state index in [1.54, 1.807) is 36.4 Å². The molecule has 4 aromatic rings. The average Bonchev–Trinajstić information content (AvgIpc) is 2.89. The van der Waals surface area contributed by atoms with E-state index in [1.807, 2.05) is 18.2 Å². The summed E-state index contributed by atoms with van der Waals surface area (Å²) in [4.78, 5) is 40.7. The molecule has 0 fully saturated rings. The average molecular weight is 551 g/mol. The fourth-order valence-electron chi connectivity index (χ4n) is 3.45. The van der Waals surface area contributed by atoms with Gasteiger partial charge in [0.25, 0.3) is 5.56 Å². The molecule has 0 N–H and O–H groups in total. The van der Waals surface area contributed by atoms with Gasteiger partial charge in [0.2, 0.25) is 5.75 Å². The fraction of sp³-hybridized carbons (Fsp3) is 0.120. The highest BCUT2D eigenvalue weighted by Crippen LogP contribution is 2.37. The van der Waals surface area contributed by atoms with Crippen LogP contribution in [0.2, 0.25) is 0 Å². The van der Waals surface area contributed by atoms with E-state index in [2.05, 4.69) is 30.8 Å². The van der Waals surface area contributed by atoms with Crippen molar-refractivity contribution in [2.24, 2.45) is 5.10 Å². The van der Waals surface area contributed by atoms with Gasteiger partial charge in [0.15, 0.2) is 11.9 Å². The number of rotatable bonds is 7. The minimum atomic E-state index is -1.07. The van der Waals surface area contributed by atoms with E-state index in [1.165, 1.54) is 32.4 Å². The summed E-state index contributed by atoms with van der Waals surface area (Å²) in [5, 5.41) is 16.5. The van der Waals surface area contributed by atoms with Gasteiger partial charge in [-0.25, -0.2) is 9.78 Å². The number of nitrogens with zero attached hydrogens (tertiary/aromatic N) is 4. The number of benzene rings is 3. The Morgan fingerprint density at radius 3 is 2.56 bits per heavy atom. The third kappa shape index (κ3) is 5.01. The summed E-state index contributed by atoms with van der Waals surface area (Å²) in [6, 6.07) is 18.8. The molecule has 10 nitrogen and oxygen atoms in total. The minimum Gasteiger partial charge on any atom is -0.471 e. The van der Waals surface area contributed by atoms with Crippen molar-refractivity contribution in [1.29, 1.82) is 0 Å². The third-order valence-electron chi connectivity index (χ3n) is 5.18. The standard InChI is InChI=1S/C25H19BrN4O6/c1-15(25(32)35-2)36-22-19(26)12-16(13-21(22)30(33)34)14-27-29-23(17-8-4-3-5-9-17)28-20-11-7-6-10-18(20)24(29)31/h3-15H,1-2H3/t15-/m0/s1. The zero-order chi connectivity index (χ0) is 25.8. The van der Waals surface area contributed by atoms with Crippen LogP contribution in [0.3, 0.4) is 0 Å². The second-order valence-electron chi connectivity index (χ2n) is 7.57. The molecule has 1 aromatic heterocycles. The van der Waals surface area contributed by atoms with Crippen LogP contribution >= 0.6 is 15.9 Å². The van der Waals surface area contributed by atoms with Crippen LogP contribution in [0.15, 0.2) is 81.1 Å². The molecular formula is C25H19BrN4O6. The Kier molecular flexibility index (Phi) is 7.20. The maximum Gasteiger partial charge on any atom is 0.346 e. The van der Waals surface area contributed by atoms with Crippen LogP contribution in [0.25, 0.3) is 22.3 Å². The fourth-order valence-corrected chi connectivity index (χ4v) is 4.01. The number of aromatic nitrogens is 2. The second kappa shape index (κ2) is 10.5. The molecule has 0 saturated heterocycles. The molecule has 0 saturated carbocycles. The molecule has 1 atom stereocenters. The van der Waals surface area contributed by atoms with Gasteiger partial charge in [-0.2, -0.15) is 9.78 Å². The number of esters is 1. The second-order valence-corrected chi connectivity index (χ2v) is 8.43. The van der Waals surface area contributed by atoms with Crippen LogP contribution < -0.4 is 10.3 Å². The number of carbonyl (C=O) groups excluding carboxylic acids is 1. The monoisotopic (exact) mass is 550 g/mol. The van der Waals surface area contributed by atoms with Gasteiger partial charge < -0.3 is 9.47 Å². The van der Waals surface area contributed by atoms with Crippen LogP contribution in [0.5, 0.6) is 5.75 Å². The third-order valence-corrected chi connectivity index (χ3v) is 5.77. The summed E-state index contributed by atoms with van der Waals surface area (Å²) in [6.45, 7) is 1.42. The Hall–Kier alpha value is -4.38. The van der Waals surface area contributed by atoms with E-state index in [4.69, 9.17) is 4.74 Å². The summed E-state index contributed by atoms with van der Waals surface area (Å²) in [7, 11) is 1.19. The molecule has 0 bridgehead atoms. The highest BCUT2D eigenvalue weighted by atomic mass is 79.9. The van der Waals surface area contributed by atoms with Crippen molar-refractivity contribution < 1.29 is 19.2 Å². The van der Waals surface area contributed by atoms with Crippen molar-refractivity contribution in [3.63, 3.8) is 0 Å². The zero-order valence-electron chi connectivity index (χ0n) is 19.1. The summed E-state index contributed by atoms with van der Waals surface area (Å²) in [5.74, 6) is -0.501. The van der Waals surface area contributed by atoms with Crippen molar-refractivity contribution in [2.75, 3.05) is 7.11 Å². The SMILES string of the molecule is COC(=O)[C@H](C)Oc1c(Br)cc(C=Nn2c(-c3ccccc3)nc3ccccc3c2=O)cc1[N+](=O)[O-].